The minimum atomic E-state index is 0.0685. The Labute approximate surface area is 117 Å². The number of likely N-dealkylation sites (tertiary alicyclic amines) is 1. The van der Waals surface area contributed by atoms with E-state index >= 15 is 0 Å². The second-order valence-electron chi connectivity index (χ2n) is 5.60. The van der Waals surface area contributed by atoms with Crippen LogP contribution >= 0.6 is 0 Å². The van der Waals surface area contributed by atoms with Crippen LogP contribution < -0.4 is 0 Å². The molecule has 0 bridgehead atoms. The van der Waals surface area contributed by atoms with Crippen LogP contribution in [0.3, 0.4) is 0 Å². The third-order valence-corrected chi connectivity index (χ3v) is 4.04. The van der Waals surface area contributed by atoms with Gasteiger partial charge in [-0.2, -0.15) is 0 Å². The van der Waals surface area contributed by atoms with Crippen molar-refractivity contribution >= 4 is 17.0 Å². The van der Waals surface area contributed by atoms with Crippen LogP contribution in [0.25, 0.3) is 11.1 Å². The van der Waals surface area contributed by atoms with Crippen molar-refractivity contribution in [2.45, 2.75) is 46.1 Å². The van der Waals surface area contributed by atoms with Crippen molar-refractivity contribution in [3.05, 3.63) is 23.0 Å². The van der Waals surface area contributed by atoms with Crippen LogP contribution in [0.2, 0.25) is 0 Å². The van der Waals surface area contributed by atoms with E-state index in [-0.39, 0.29) is 5.91 Å². The molecule has 0 aromatic carbocycles. The molecule has 1 amide bonds. The first-order valence-corrected chi connectivity index (χ1v) is 7.12. The Morgan fingerprint density at radius 1 is 1.40 bits per heavy atom. The van der Waals surface area contributed by atoms with E-state index in [2.05, 4.69) is 17.1 Å². The Hall–Kier alpha value is -1.91. The Kier molecular flexibility index (Phi) is 3.20. The smallest absolute Gasteiger partial charge is 0.258 e. The van der Waals surface area contributed by atoms with Crippen molar-refractivity contribution in [1.29, 1.82) is 0 Å². The average molecular weight is 273 g/mol. The molecule has 5 nitrogen and oxygen atoms in total. The van der Waals surface area contributed by atoms with Crippen molar-refractivity contribution in [1.82, 2.24) is 15.0 Å². The summed E-state index contributed by atoms with van der Waals surface area (Å²) in [6.07, 6.45) is 3.34. The lowest BCUT2D eigenvalue weighted by atomic mass is 10.0. The summed E-state index contributed by atoms with van der Waals surface area (Å²) in [6.45, 7) is 6.66. The number of carbonyl (C=O) groups is 1. The third-order valence-electron chi connectivity index (χ3n) is 4.04. The molecule has 1 fully saturated rings. The highest BCUT2D eigenvalue weighted by Crippen LogP contribution is 2.26. The topological polar surface area (TPSA) is 59.2 Å². The fourth-order valence-corrected chi connectivity index (χ4v) is 2.94. The standard InChI is InChI=1S/C15H19N3O2/c1-9-8-12(13-11(3)17-20-14(13)16-9)15(19)18-7-5-4-6-10(18)2/h8,10H,4-7H2,1-3H3/t10-/m1/s1. The summed E-state index contributed by atoms with van der Waals surface area (Å²) < 4.78 is 5.20. The molecule has 3 heterocycles. The minimum absolute atomic E-state index is 0.0685. The van der Waals surface area contributed by atoms with Gasteiger partial charge < -0.3 is 9.42 Å². The van der Waals surface area contributed by atoms with E-state index in [1.165, 1.54) is 6.42 Å². The maximum Gasteiger partial charge on any atom is 0.258 e. The van der Waals surface area contributed by atoms with Crippen molar-refractivity contribution in [3.63, 3.8) is 0 Å². The normalized spacial score (nSPS) is 19.6. The zero-order valence-corrected chi connectivity index (χ0v) is 12.1. The SMILES string of the molecule is Cc1cc(C(=O)N2CCCC[C@H]2C)c2c(C)noc2n1. The molecular weight excluding hydrogens is 254 g/mol. The molecule has 0 radical (unpaired) electrons. The second kappa shape index (κ2) is 4.89. The quantitative estimate of drug-likeness (QED) is 0.801. The lowest BCUT2D eigenvalue weighted by molar-refractivity contribution is 0.0637. The number of piperidine rings is 1. The van der Waals surface area contributed by atoms with Gasteiger partial charge in [-0.15, -0.1) is 0 Å². The number of hydrogen-bond donors (Lipinski definition) is 0. The number of rotatable bonds is 1. The highest BCUT2D eigenvalue weighted by atomic mass is 16.5. The molecule has 2 aromatic heterocycles. The first kappa shape index (κ1) is 13.1. The summed E-state index contributed by atoms with van der Waals surface area (Å²) in [5.41, 5.74) is 2.62. The minimum Gasteiger partial charge on any atom is -0.336 e. The Bertz CT molecular complexity index is 662. The summed E-state index contributed by atoms with van der Waals surface area (Å²) in [5, 5.41) is 4.68. The molecule has 0 aliphatic carbocycles. The average Bonchev–Trinajstić information content (AvgIpc) is 2.79. The first-order chi connectivity index (χ1) is 9.58. The largest absolute Gasteiger partial charge is 0.336 e. The molecule has 1 aliphatic rings. The van der Waals surface area contributed by atoms with Gasteiger partial charge in [-0.1, -0.05) is 5.16 Å². The molecule has 106 valence electrons. The van der Waals surface area contributed by atoms with Crippen molar-refractivity contribution in [3.8, 4) is 0 Å². The lowest BCUT2D eigenvalue weighted by Gasteiger charge is -2.33. The van der Waals surface area contributed by atoms with Gasteiger partial charge in [0.2, 0.25) is 0 Å². The molecule has 2 aromatic rings. The molecular formula is C15H19N3O2. The molecule has 1 saturated heterocycles. The van der Waals surface area contributed by atoms with Gasteiger partial charge in [-0.05, 0) is 46.1 Å². The van der Waals surface area contributed by atoms with E-state index in [0.29, 0.717) is 17.3 Å². The number of hydrogen-bond acceptors (Lipinski definition) is 4. The van der Waals surface area contributed by atoms with E-state index in [1.807, 2.05) is 24.8 Å². The van der Waals surface area contributed by atoms with E-state index in [9.17, 15) is 4.79 Å². The highest BCUT2D eigenvalue weighted by Gasteiger charge is 2.27. The Morgan fingerprint density at radius 2 is 2.20 bits per heavy atom. The number of amides is 1. The van der Waals surface area contributed by atoms with Crippen LogP contribution in [-0.2, 0) is 0 Å². The molecule has 20 heavy (non-hydrogen) atoms. The lowest BCUT2D eigenvalue weighted by Crippen LogP contribution is -2.42. The van der Waals surface area contributed by atoms with E-state index < -0.39 is 0 Å². The van der Waals surface area contributed by atoms with Gasteiger partial charge in [0.25, 0.3) is 11.6 Å². The van der Waals surface area contributed by atoms with Gasteiger partial charge in [0.05, 0.1) is 16.6 Å². The van der Waals surface area contributed by atoms with Crippen LogP contribution in [0.4, 0.5) is 0 Å². The van der Waals surface area contributed by atoms with Crippen LogP contribution in [0.5, 0.6) is 0 Å². The van der Waals surface area contributed by atoms with Crippen molar-refractivity contribution in [2.24, 2.45) is 0 Å². The summed E-state index contributed by atoms with van der Waals surface area (Å²) in [6, 6.07) is 2.14. The zero-order chi connectivity index (χ0) is 14.3. The van der Waals surface area contributed by atoms with E-state index in [0.717, 1.165) is 36.2 Å². The van der Waals surface area contributed by atoms with Gasteiger partial charge in [0, 0.05) is 18.3 Å². The van der Waals surface area contributed by atoms with Crippen LogP contribution in [-0.4, -0.2) is 33.5 Å². The molecule has 0 spiro atoms. The summed E-state index contributed by atoms with van der Waals surface area (Å²) in [7, 11) is 0. The second-order valence-corrected chi connectivity index (χ2v) is 5.60. The van der Waals surface area contributed by atoms with Gasteiger partial charge in [0.15, 0.2) is 0 Å². The molecule has 0 N–H and O–H groups in total. The van der Waals surface area contributed by atoms with E-state index in [1.54, 1.807) is 0 Å². The number of nitrogens with zero attached hydrogens (tertiary/aromatic N) is 3. The zero-order valence-electron chi connectivity index (χ0n) is 12.1. The van der Waals surface area contributed by atoms with Crippen LogP contribution in [0, 0.1) is 13.8 Å². The summed E-state index contributed by atoms with van der Waals surface area (Å²) in [5.74, 6) is 0.0685. The Morgan fingerprint density at radius 3 is 2.95 bits per heavy atom. The van der Waals surface area contributed by atoms with Gasteiger partial charge in [-0.3, -0.25) is 4.79 Å². The predicted octanol–water partition coefficient (Wildman–Crippen LogP) is 2.85. The van der Waals surface area contributed by atoms with Gasteiger partial charge >= 0.3 is 0 Å². The van der Waals surface area contributed by atoms with Gasteiger partial charge in [-0.25, -0.2) is 4.98 Å². The first-order valence-electron chi connectivity index (χ1n) is 7.12. The van der Waals surface area contributed by atoms with E-state index in [4.69, 9.17) is 4.52 Å². The monoisotopic (exact) mass is 273 g/mol. The molecule has 0 unspecified atom stereocenters. The fourth-order valence-electron chi connectivity index (χ4n) is 2.94. The number of aryl methyl sites for hydroxylation is 2. The third kappa shape index (κ3) is 2.07. The molecule has 3 rings (SSSR count). The Balaban J connectivity index is 2.08. The summed E-state index contributed by atoms with van der Waals surface area (Å²) >= 11 is 0. The maximum atomic E-state index is 12.9. The fraction of sp³-hybridized carbons (Fsp3) is 0.533. The predicted molar refractivity (Wildman–Crippen MR) is 75.6 cm³/mol. The number of fused-ring (bicyclic) bond motifs is 1. The molecule has 5 heteroatoms. The van der Waals surface area contributed by atoms with Crippen LogP contribution in [0.1, 0.15) is 47.9 Å². The number of pyridine rings is 1. The van der Waals surface area contributed by atoms with Crippen molar-refractivity contribution in [2.75, 3.05) is 6.54 Å². The maximum absolute atomic E-state index is 12.9. The molecule has 0 saturated carbocycles. The number of carbonyl (C=O) groups excluding carboxylic acids is 1. The number of aromatic nitrogens is 2. The molecule has 1 aliphatic heterocycles. The highest BCUT2D eigenvalue weighted by molar-refractivity contribution is 6.06. The summed E-state index contributed by atoms with van der Waals surface area (Å²) in [4.78, 5) is 19.1. The van der Waals surface area contributed by atoms with Gasteiger partial charge in [0.1, 0.15) is 0 Å². The molecule has 1 atom stereocenters. The van der Waals surface area contributed by atoms with Crippen molar-refractivity contribution < 1.29 is 9.32 Å². The van der Waals surface area contributed by atoms with Crippen LogP contribution in [0.15, 0.2) is 10.6 Å².